The number of ether oxygens (including phenoxy) is 2. The Morgan fingerprint density at radius 1 is 1.13 bits per heavy atom. The van der Waals surface area contributed by atoms with Gasteiger partial charge in [0.05, 0.1) is 11.6 Å². The van der Waals surface area contributed by atoms with Crippen molar-refractivity contribution >= 4 is 37.8 Å². The van der Waals surface area contributed by atoms with Crippen LogP contribution in [0.15, 0.2) is 45.3 Å². The van der Waals surface area contributed by atoms with E-state index in [1.54, 1.807) is 12.1 Å². The molecule has 0 saturated carbocycles. The van der Waals surface area contributed by atoms with E-state index in [4.69, 9.17) is 9.47 Å². The van der Waals surface area contributed by atoms with Gasteiger partial charge in [0.25, 0.3) is 0 Å². The number of carbonyl (C=O) groups is 1. The second kappa shape index (κ2) is 7.97. The van der Waals surface area contributed by atoms with Gasteiger partial charge in [-0.15, -0.1) is 0 Å². The van der Waals surface area contributed by atoms with Crippen LogP contribution in [-0.4, -0.2) is 13.1 Å². The van der Waals surface area contributed by atoms with E-state index in [2.05, 4.69) is 45.7 Å². The van der Waals surface area contributed by atoms with Crippen LogP contribution in [0, 0.1) is 0 Å². The molecule has 0 fully saturated rings. The minimum absolute atomic E-state index is 0.375. The first kappa shape index (κ1) is 18.0. The van der Waals surface area contributed by atoms with E-state index in [9.17, 15) is 4.79 Å². The average molecular weight is 442 g/mol. The molecule has 2 aromatic rings. The van der Waals surface area contributed by atoms with Crippen LogP contribution < -0.4 is 9.47 Å². The molecule has 3 nitrogen and oxygen atoms in total. The topological polar surface area (TPSA) is 35.5 Å². The fraction of sp³-hybridized carbons (Fsp3) is 0.278. The molecule has 0 radical (unpaired) electrons. The smallest absolute Gasteiger partial charge is 0.347 e. The normalized spacial score (nSPS) is 11.9. The minimum atomic E-state index is -0.458. The summed E-state index contributed by atoms with van der Waals surface area (Å²) in [4.78, 5) is 12.4. The molecule has 1 unspecified atom stereocenters. The van der Waals surface area contributed by atoms with Gasteiger partial charge in [-0.1, -0.05) is 35.8 Å². The predicted molar refractivity (Wildman–Crippen MR) is 98.5 cm³/mol. The van der Waals surface area contributed by atoms with Crippen LogP contribution in [0.4, 0.5) is 0 Å². The molecule has 5 heteroatoms. The summed E-state index contributed by atoms with van der Waals surface area (Å²) in [6.07, 6.45) is 1.06. The highest BCUT2D eigenvalue weighted by Crippen LogP contribution is 2.31. The van der Waals surface area contributed by atoms with E-state index in [1.165, 1.54) is 12.7 Å². The molecule has 0 saturated heterocycles. The lowest BCUT2D eigenvalue weighted by molar-refractivity contribution is 0.0730. The van der Waals surface area contributed by atoms with Gasteiger partial charge in [0.15, 0.2) is 0 Å². The van der Waals surface area contributed by atoms with Crippen molar-refractivity contribution in [3.05, 3.63) is 56.5 Å². The Morgan fingerprint density at radius 2 is 1.83 bits per heavy atom. The molecule has 0 aliphatic rings. The van der Waals surface area contributed by atoms with Crippen molar-refractivity contribution in [1.29, 1.82) is 0 Å². The van der Waals surface area contributed by atoms with Crippen LogP contribution >= 0.6 is 31.9 Å². The number of methoxy groups -OCH3 is 1. The molecule has 1 atom stereocenters. The molecular weight excluding hydrogens is 424 g/mol. The maximum atomic E-state index is 12.4. The van der Waals surface area contributed by atoms with Gasteiger partial charge in [-0.3, -0.25) is 0 Å². The molecule has 0 spiro atoms. The third-order valence-electron chi connectivity index (χ3n) is 3.72. The molecule has 0 N–H and O–H groups in total. The van der Waals surface area contributed by atoms with Crippen LogP contribution in [0.5, 0.6) is 11.5 Å². The Kier molecular flexibility index (Phi) is 6.25. The summed E-state index contributed by atoms with van der Waals surface area (Å²) in [6, 6.07) is 11.0. The number of carbonyl (C=O) groups excluding carboxylic acids is 1. The summed E-state index contributed by atoms with van der Waals surface area (Å²) in [5.41, 5.74) is 1.58. The Morgan fingerprint density at radius 3 is 2.43 bits per heavy atom. The first-order valence-electron chi connectivity index (χ1n) is 7.31. The molecule has 0 aliphatic heterocycles. The highest BCUT2D eigenvalue weighted by Gasteiger charge is 2.17. The van der Waals surface area contributed by atoms with Gasteiger partial charge in [-0.2, -0.15) is 0 Å². The number of rotatable bonds is 5. The second-order valence-electron chi connectivity index (χ2n) is 5.23. The van der Waals surface area contributed by atoms with Crippen molar-refractivity contribution in [3.63, 3.8) is 0 Å². The Hall–Kier alpha value is -1.33. The highest BCUT2D eigenvalue weighted by atomic mass is 79.9. The molecule has 2 aromatic carbocycles. The number of halogens is 2. The van der Waals surface area contributed by atoms with E-state index in [0.29, 0.717) is 23.0 Å². The molecular formula is C18H18Br2O3. The number of hydrogen-bond donors (Lipinski definition) is 0. The largest absolute Gasteiger partial charge is 0.496 e. The third kappa shape index (κ3) is 4.36. The number of benzene rings is 2. The van der Waals surface area contributed by atoms with Crippen molar-refractivity contribution in [1.82, 2.24) is 0 Å². The minimum Gasteiger partial charge on any atom is -0.496 e. The summed E-state index contributed by atoms with van der Waals surface area (Å²) in [5, 5.41) is 0. The SMILES string of the molecule is CCC(C)c1ccc(OC(=O)c2cc(Br)ccc2OC)c(Br)c1. The van der Waals surface area contributed by atoms with Crippen LogP contribution in [0.3, 0.4) is 0 Å². The quantitative estimate of drug-likeness (QED) is 0.424. The van der Waals surface area contributed by atoms with Gasteiger partial charge >= 0.3 is 5.97 Å². The Labute approximate surface area is 153 Å². The summed E-state index contributed by atoms with van der Waals surface area (Å²) >= 11 is 6.83. The lowest BCUT2D eigenvalue weighted by Gasteiger charge is -2.13. The molecule has 2 rings (SSSR count). The average Bonchev–Trinajstić information content (AvgIpc) is 2.55. The molecule has 0 amide bonds. The predicted octanol–water partition coefficient (Wildman–Crippen LogP) is 5.95. The van der Waals surface area contributed by atoms with Crippen LogP contribution in [-0.2, 0) is 0 Å². The van der Waals surface area contributed by atoms with E-state index in [-0.39, 0.29) is 0 Å². The van der Waals surface area contributed by atoms with Crippen molar-refractivity contribution in [2.24, 2.45) is 0 Å². The van der Waals surface area contributed by atoms with Crippen LogP contribution in [0.2, 0.25) is 0 Å². The second-order valence-corrected chi connectivity index (χ2v) is 7.00. The Bertz CT molecular complexity index is 713. The molecule has 0 aromatic heterocycles. The Balaban J connectivity index is 2.25. The molecule has 0 heterocycles. The zero-order valence-corrected chi connectivity index (χ0v) is 16.4. The van der Waals surface area contributed by atoms with Crippen molar-refractivity contribution in [2.45, 2.75) is 26.2 Å². The summed E-state index contributed by atoms with van der Waals surface area (Å²) in [5.74, 6) is 0.969. The molecule has 122 valence electrons. The zero-order valence-electron chi connectivity index (χ0n) is 13.2. The van der Waals surface area contributed by atoms with E-state index in [0.717, 1.165) is 15.4 Å². The zero-order chi connectivity index (χ0) is 17.0. The van der Waals surface area contributed by atoms with Gasteiger partial charge in [0.2, 0.25) is 0 Å². The molecule has 23 heavy (non-hydrogen) atoms. The van der Waals surface area contributed by atoms with Gasteiger partial charge in [0.1, 0.15) is 17.1 Å². The fourth-order valence-electron chi connectivity index (χ4n) is 2.14. The number of esters is 1. The highest BCUT2D eigenvalue weighted by molar-refractivity contribution is 9.10. The summed E-state index contributed by atoms with van der Waals surface area (Å²) in [7, 11) is 1.52. The maximum Gasteiger partial charge on any atom is 0.347 e. The van der Waals surface area contributed by atoms with Gasteiger partial charge in [-0.05, 0) is 64.2 Å². The van der Waals surface area contributed by atoms with Crippen LogP contribution in [0.25, 0.3) is 0 Å². The monoisotopic (exact) mass is 440 g/mol. The molecule has 0 bridgehead atoms. The first-order valence-corrected chi connectivity index (χ1v) is 8.90. The maximum absolute atomic E-state index is 12.4. The standard InChI is InChI=1S/C18H18Br2O3/c1-4-11(2)12-5-7-17(15(20)9-12)23-18(21)14-10-13(19)6-8-16(14)22-3/h5-11H,4H2,1-3H3. The van der Waals surface area contributed by atoms with Crippen molar-refractivity contribution < 1.29 is 14.3 Å². The van der Waals surface area contributed by atoms with Crippen molar-refractivity contribution in [3.8, 4) is 11.5 Å². The lowest BCUT2D eigenvalue weighted by Crippen LogP contribution is -2.10. The lowest BCUT2D eigenvalue weighted by atomic mass is 9.99. The summed E-state index contributed by atoms with van der Waals surface area (Å²) < 4.78 is 12.3. The number of hydrogen-bond acceptors (Lipinski definition) is 3. The third-order valence-corrected chi connectivity index (χ3v) is 4.83. The fourth-order valence-corrected chi connectivity index (χ4v) is 2.98. The van der Waals surface area contributed by atoms with E-state index < -0.39 is 5.97 Å². The molecule has 0 aliphatic carbocycles. The van der Waals surface area contributed by atoms with Crippen LogP contribution in [0.1, 0.15) is 42.1 Å². The van der Waals surface area contributed by atoms with Gasteiger partial charge in [0, 0.05) is 4.47 Å². The van der Waals surface area contributed by atoms with Gasteiger partial charge < -0.3 is 9.47 Å². The van der Waals surface area contributed by atoms with Gasteiger partial charge in [-0.25, -0.2) is 4.79 Å². The van der Waals surface area contributed by atoms with Crippen molar-refractivity contribution in [2.75, 3.05) is 7.11 Å². The first-order chi connectivity index (χ1) is 11.0. The summed E-state index contributed by atoms with van der Waals surface area (Å²) in [6.45, 7) is 4.31. The van der Waals surface area contributed by atoms with E-state index >= 15 is 0 Å². The van der Waals surface area contributed by atoms with E-state index in [1.807, 2.05) is 24.3 Å².